The molecule has 2 aromatic carbocycles. The molecule has 1 unspecified atom stereocenters. The van der Waals surface area contributed by atoms with Gasteiger partial charge in [-0.05, 0) is 41.3 Å². The van der Waals surface area contributed by atoms with Gasteiger partial charge in [-0.2, -0.15) is 0 Å². The number of pyridine rings is 1. The summed E-state index contributed by atoms with van der Waals surface area (Å²) in [5.74, 6) is 2.03. The molecule has 32 heavy (non-hydrogen) atoms. The van der Waals surface area contributed by atoms with E-state index in [0.717, 1.165) is 28.5 Å². The number of nitrogens with zero attached hydrogens (tertiary/aromatic N) is 2. The van der Waals surface area contributed by atoms with Crippen molar-refractivity contribution in [3.05, 3.63) is 102 Å². The van der Waals surface area contributed by atoms with Gasteiger partial charge in [0.1, 0.15) is 12.4 Å². The monoisotopic (exact) mass is 490 g/mol. The Morgan fingerprint density at radius 3 is 2.19 bits per heavy atom. The van der Waals surface area contributed by atoms with Crippen LogP contribution in [0, 0.1) is 5.92 Å². The average Bonchev–Trinajstić information content (AvgIpc) is 3.33. The maximum Gasteiger partial charge on any atom is 0.167 e. The third kappa shape index (κ3) is 4.63. The minimum absolute atomic E-state index is 0.138. The van der Waals surface area contributed by atoms with Gasteiger partial charge in [0.15, 0.2) is 5.76 Å². The summed E-state index contributed by atoms with van der Waals surface area (Å²) in [6.45, 7) is 7.28. The van der Waals surface area contributed by atoms with Crippen molar-refractivity contribution in [3.63, 3.8) is 0 Å². The van der Waals surface area contributed by atoms with Gasteiger partial charge in [-0.3, -0.25) is 4.98 Å². The van der Waals surface area contributed by atoms with Crippen molar-refractivity contribution in [2.75, 3.05) is 0 Å². The Labute approximate surface area is 197 Å². The molecule has 0 saturated heterocycles. The Morgan fingerprint density at radius 2 is 1.62 bits per heavy atom. The first kappa shape index (κ1) is 22.3. The molecule has 0 aliphatic heterocycles. The summed E-state index contributed by atoms with van der Waals surface area (Å²) >= 11 is 3.41. The molecule has 4 rings (SSSR count). The summed E-state index contributed by atoms with van der Waals surface area (Å²) in [6, 6.07) is 24.8. The van der Waals surface area contributed by atoms with Gasteiger partial charge in [0.25, 0.3) is 0 Å². The van der Waals surface area contributed by atoms with Crippen molar-refractivity contribution >= 4 is 15.9 Å². The molecule has 5 heteroatoms. The van der Waals surface area contributed by atoms with Gasteiger partial charge in [-0.1, -0.05) is 84.3 Å². The highest BCUT2D eigenvalue weighted by Crippen LogP contribution is 2.40. The third-order valence-electron chi connectivity index (χ3n) is 6.19. The first-order valence-corrected chi connectivity index (χ1v) is 11.9. The lowest BCUT2D eigenvalue weighted by Gasteiger charge is -2.35. The molecular weight excluding hydrogens is 464 g/mol. The molecule has 2 aromatic heterocycles. The number of alkyl halides is 1. The number of rotatable bonds is 8. The predicted octanol–water partition coefficient (Wildman–Crippen LogP) is 7.17. The van der Waals surface area contributed by atoms with E-state index < -0.39 is 0 Å². The van der Waals surface area contributed by atoms with E-state index in [1.807, 2.05) is 36.4 Å². The van der Waals surface area contributed by atoms with Crippen LogP contribution in [0.4, 0.5) is 0 Å². The molecule has 164 valence electrons. The molecule has 0 aliphatic carbocycles. The van der Waals surface area contributed by atoms with Crippen LogP contribution in [0.25, 0.3) is 11.3 Å². The summed E-state index contributed by atoms with van der Waals surface area (Å²) in [5, 5.41) is 4.75. The number of hydrogen-bond acceptors (Lipinski definition) is 4. The van der Waals surface area contributed by atoms with Crippen LogP contribution in [-0.4, -0.2) is 10.1 Å². The lowest BCUT2D eigenvalue weighted by molar-refractivity contribution is 0.301. The second kappa shape index (κ2) is 9.70. The van der Waals surface area contributed by atoms with Crippen LogP contribution in [0.1, 0.15) is 43.3 Å². The zero-order valence-electron chi connectivity index (χ0n) is 18.6. The minimum Gasteiger partial charge on any atom is -0.487 e. The topological polar surface area (TPSA) is 48.2 Å². The fraction of sp³-hybridized carbons (Fsp3) is 0.259. The van der Waals surface area contributed by atoms with E-state index in [0.29, 0.717) is 17.9 Å². The van der Waals surface area contributed by atoms with Crippen molar-refractivity contribution < 1.29 is 9.26 Å². The Morgan fingerprint density at radius 1 is 0.938 bits per heavy atom. The molecule has 4 aromatic rings. The normalized spacial score (nSPS) is 13.2. The highest BCUT2D eigenvalue weighted by Gasteiger charge is 2.32. The summed E-state index contributed by atoms with van der Waals surface area (Å²) < 4.78 is 11.4. The molecular formula is C27H27BrN2O2. The molecule has 0 saturated carbocycles. The fourth-order valence-corrected chi connectivity index (χ4v) is 4.13. The maximum absolute atomic E-state index is 5.92. The molecule has 0 aliphatic rings. The van der Waals surface area contributed by atoms with E-state index in [1.165, 1.54) is 11.1 Å². The van der Waals surface area contributed by atoms with Crippen LogP contribution in [0.2, 0.25) is 0 Å². The van der Waals surface area contributed by atoms with E-state index in [2.05, 4.69) is 83.2 Å². The Bertz CT molecular complexity index is 1140. The van der Waals surface area contributed by atoms with Crippen molar-refractivity contribution in [1.82, 2.24) is 10.1 Å². The summed E-state index contributed by atoms with van der Waals surface area (Å²) in [7, 11) is 0. The first-order valence-electron chi connectivity index (χ1n) is 10.8. The summed E-state index contributed by atoms with van der Waals surface area (Å²) in [6.07, 6.45) is 1.78. The van der Waals surface area contributed by atoms with E-state index in [4.69, 9.17) is 9.26 Å². The largest absolute Gasteiger partial charge is 0.487 e. The minimum atomic E-state index is -0.138. The molecule has 0 bridgehead atoms. The Hall–Kier alpha value is -2.92. The SMILES string of the molecule is CC(C)C(C)(c1ccc(OCc2ccccn2)cc1)c1ccc(-c2cc(CBr)no2)cc1. The van der Waals surface area contributed by atoms with Gasteiger partial charge >= 0.3 is 0 Å². The number of benzene rings is 2. The third-order valence-corrected chi connectivity index (χ3v) is 6.76. The summed E-state index contributed by atoms with van der Waals surface area (Å²) in [5.41, 5.74) is 5.21. The molecule has 0 N–H and O–H groups in total. The van der Waals surface area contributed by atoms with Crippen molar-refractivity contribution in [1.29, 1.82) is 0 Å². The Balaban J connectivity index is 1.55. The van der Waals surface area contributed by atoms with E-state index in [-0.39, 0.29) is 5.41 Å². The van der Waals surface area contributed by atoms with Gasteiger partial charge in [0, 0.05) is 28.6 Å². The van der Waals surface area contributed by atoms with Crippen LogP contribution >= 0.6 is 15.9 Å². The highest BCUT2D eigenvalue weighted by molar-refractivity contribution is 9.08. The molecule has 0 fully saturated rings. The van der Waals surface area contributed by atoms with Crippen LogP contribution < -0.4 is 4.74 Å². The maximum atomic E-state index is 5.92. The molecule has 0 spiro atoms. The van der Waals surface area contributed by atoms with Crippen LogP contribution in [0.5, 0.6) is 5.75 Å². The molecule has 2 heterocycles. The average molecular weight is 491 g/mol. The zero-order chi connectivity index (χ0) is 22.6. The number of hydrogen-bond donors (Lipinski definition) is 0. The molecule has 0 radical (unpaired) electrons. The summed E-state index contributed by atoms with van der Waals surface area (Å²) in [4.78, 5) is 4.31. The van der Waals surface area contributed by atoms with Crippen molar-refractivity contribution in [2.45, 2.75) is 38.1 Å². The van der Waals surface area contributed by atoms with Gasteiger partial charge in [-0.25, -0.2) is 0 Å². The van der Waals surface area contributed by atoms with Crippen molar-refractivity contribution in [2.24, 2.45) is 5.92 Å². The van der Waals surface area contributed by atoms with E-state index in [9.17, 15) is 0 Å². The first-order chi connectivity index (χ1) is 15.5. The van der Waals surface area contributed by atoms with Crippen LogP contribution in [-0.2, 0) is 17.4 Å². The van der Waals surface area contributed by atoms with Gasteiger partial charge in [0.05, 0.1) is 11.4 Å². The lowest BCUT2D eigenvalue weighted by atomic mass is 9.68. The second-order valence-electron chi connectivity index (χ2n) is 8.38. The van der Waals surface area contributed by atoms with E-state index >= 15 is 0 Å². The quantitative estimate of drug-likeness (QED) is 0.245. The number of aromatic nitrogens is 2. The number of halogens is 1. The fourth-order valence-electron chi connectivity index (χ4n) is 3.86. The van der Waals surface area contributed by atoms with Gasteiger partial charge < -0.3 is 9.26 Å². The van der Waals surface area contributed by atoms with Crippen molar-refractivity contribution in [3.8, 4) is 17.1 Å². The number of ether oxygens (including phenoxy) is 1. The van der Waals surface area contributed by atoms with Crippen LogP contribution in [0.15, 0.2) is 83.5 Å². The smallest absolute Gasteiger partial charge is 0.167 e. The van der Waals surface area contributed by atoms with Gasteiger partial charge in [0.2, 0.25) is 0 Å². The van der Waals surface area contributed by atoms with Gasteiger partial charge in [-0.15, -0.1) is 0 Å². The Kier molecular flexibility index (Phi) is 6.75. The predicted molar refractivity (Wildman–Crippen MR) is 131 cm³/mol. The lowest BCUT2D eigenvalue weighted by Crippen LogP contribution is -2.30. The zero-order valence-corrected chi connectivity index (χ0v) is 20.2. The second-order valence-corrected chi connectivity index (χ2v) is 8.95. The molecule has 1 atom stereocenters. The molecule has 0 amide bonds. The molecule has 4 nitrogen and oxygen atoms in total. The highest BCUT2D eigenvalue weighted by atomic mass is 79.9. The standard InChI is InChI=1S/C27H27BrN2O2/c1-19(2)27(3,21-9-7-20(8-10-21)26-16-24(17-28)30-32-26)22-11-13-25(14-12-22)31-18-23-6-4-5-15-29-23/h4-16,19H,17-18H2,1-3H3. The van der Waals surface area contributed by atoms with Crippen LogP contribution in [0.3, 0.4) is 0 Å². The van der Waals surface area contributed by atoms with E-state index in [1.54, 1.807) is 6.20 Å².